The van der Waals surface area contributed by atoms with E-state index < -0.39 is 17.9 Å². The molecule has 0 aromatic heterocycles. The Bertz CT molecular complexity index is 658. The van der Waals surface area contributed by atoms with Crippen LogP contribution in [-0.4, -0.2) is 17.2 Å². The quantitative estimate of drug-likeness (QED) is 0.912. The first-order chi connectivity index (χ1) is 9.97. The van der Waals surface area contributed by atoms with Gasteiger partial charge < -0.3 is 9.84 Å². The number of carbonyl (C=O) groups is 1. The van der Waals surface area contributed by atoms with E-state index in [1.807, 2.05) is 0 Å². The molecular weight excluding hydrogens is 295 g/mol. The third-order valence-electron chi connectivity index (χ3n) is 3.05. The van der Waals surface area contributed by atoms with Crippen LogP contribution in [0.3, 0.4) is 0 Å². The third-order valence-corrected chi connectivity index (χ3v) is 3.47. The van der Waals surface area contributed by atoms with Gasteiger partial charge in [-0.2, -0.15) is 0 Å². The summed E-state index contributed by atoms with van der Waals surface area (Å²) in [6.07, 6.45) is -1.22. The van der Waals surface area contributed by atoms with Gasteiger partial charge in [0.15, 0.2) is 6.10 Å². The molecule has 0 spiro atoms. The fourth-order valence-electron chi connectivity index (χ4n) is 1.90. The minimum atomic E-state index is -1.16. The van der Waals surface area contributed by atoms with Crippen molar-refractivity contribution in [1.29, 1.82) is 0 Å². The summed E-state index contributed by atoms with van der Waals surface area (Å²) < 4.78 is 19.0. The number of carboxylic acid groups (broad SMARTS) is 1. The number of aliphatic carboxylic acids is 1. The molecule has 2 rings (SSSR count). The predicted octanol–water partition coefficient (Wildman–Crippen LogP) is 3.86. The fraction of sp³-hybridized carbons (Fsp3) is 0.188. The normalized spacial score (nSPS) is 12.0. The van der Waals surface area contributed by atoms with Crippen molar-refractivity contribution in [2.75, 3.05) is 0 Å². The lowest BCUT2D eigenvalue weighted by Crippen LogP contribution is -2.29. The van der Waals surface area contributed by atoms with Crippen LogP contribution in [0, 0.1) is 12.7 Å². The summed E-state index contributed by atoms with van der Waals surface area (Å²) in [6.45, 7) is 1.79. The molecule has 21 heavy (non-hydrogen) atoms. The van der Waals surface area contributed by atoms with E-state index in [-0.39, 0.29) is 6.42 Å². The summed E-state index contributed by atoms with van der Waals surface area (Å²) in [4.78, 5) is 11.3. The Morgan fingerprint density at radius 3 is 2.67 bits per heavy atom. The number of benzene rings is 2. The molecule has 0 heterocycles. The molecule has 3 nitrogen and oxygen atoms in total. The van der Waals surface area contributed by atoms with Crippen LogP contribution in [0.4, 0.5) is 4.39 Å². The molecule has 0 bridgehead atoms. The number of hydrogen-bond acceptors (Lipinski definition) is 2. The maximum Gasteiger partial charge on any atom is 0.345 e. The van der Waals surface area contributed by atoms with E-state index in [2.05, 4.69) is 0 Å². The molecule has 1 N–H and O–H groups in total. The zero-order valence-electron chi connectivity index (χ0n) is 11.3. The summed E-state index contributed by atoms with van der Waals surface area (Å²) in [6, 6.07) is 10.9. The zero-order chi connectivity index (χ0) is 15.4. The lowest BCUT2D eigenvalue weighted by Gasteiger charge is -2.16. The van der Waals surface area contributed by atoms with Crippen molar-refractivity contribution in [3.8, 4) is 5.75 Å². The molecule has 0 aliphatic carbocycles. The van der Waals surface area contributed by atoms with Gasteiger partial charge in [-0.15, -0.1) is 0 Å². The highest BCUT2D eigenvalue weighted by Gasteiger charge is 2.21. The highest BCUT2D eigenvalue weighted by molar-refractivity contribution is 6.31. The van der Waals surface area contributed by atoms with Crippen molar-refractivity contribution in [1.82, 2.24) is 0 Å². The summed E-state index contributed by atoms with van der Waals surface area (Å²) in [5, 5.41) is 9.81. The number of ether oxygens (including phenoxy) is 1. The van der Waals surface area contributed by atoms with E-state index in [1.54, 1.807) is 43.3 Å². The van der Waals surface area contributed by atoms with Crippen LogP contribution in [0.1, 0.15) is 11.1 Å². The highest BCUT2D eigenvalue weighted by atomic mass is 35.5. The molecule has 2 aromatic rings. The first kappa shape index (κ1) is 15.3. The van der Waals surface area contributed by atoms with E-state index in [1.165, 1.54) is 6.07 Å². The van der Waals surface area contributed by atoms with E-state index >= 15 is 0 Å². The van der Waals surface area contributed by atoms with Crippen molar-refractivity contribution < 1.29 is 19.0 Å². The monoisotopic (exact) mass is 308 g/mol. The van der Waals surface area contributed by atoms with E-state index in [0.717, 1.165) is 5.56 Å². The van der Waals surface area contributed by atoms with Crippen LogP contribution < -0.4 is 4.74 Å². The Morgan fingerprint density at radius 2 is 2.05 bits per heavy atom. The number of halogens is 2. The number of rotatable bonds is 5. The van der Waals surface area contributed by atoms with Gasteiger partial charge in [-0.05, 0) is 42.3 Å². The number of carboxylic acids is 1. The van der Waals surface area contributed by atoms with Crippen LogP contribution >= 0.6 is 11.6 Å². The molecule has 5 heteroatoms. The van der Waals surface area contributed by atoms with Crippen LogP contribution in [0.25, 0.3) is 0 Å². The lowest BCUT2D eigenvalue weighted by molar-refractivity contribution is -0.145. The van der Waals surface area contributed by atoms with Gasteiger partial charge in [-0.1, -0.05) is 29.8 Å². The predicted molar refractivity (Wildman–Crippen MR) is 78.3 cm³/mol. The summed E-state index contributed by atoms with van der Waals surface area (Å²) in [5.41, 5.74) is 1.08. The van der Waals surface area contributed by atoms with Crippen LogP contribution in [0.15, 0.2) is 42.5 Å². The molecule has 0 aliphatic heterocycles. The van der Waals surface area contributed by atoms with Gasteiger partial charge in [0.25, 0.3) is 0 Å². The van der Waals surface area contributed by atoms with Gasteiger partial charge in [0.05, 0.1) is 0 Å². The van der Waals surface area contributed by atoms with Gasteiger partial charge >= 0.3 is 5.97 Å². The Labute approximate surface area is 126 Å². The Kier molecular flexibility index (Phi) is 4.81. The second-order valence-electron chi connectivity index (χ2n) is 4.65. The third kappa shape index (κ3) is 3.95. The molecule has 0 saturated heterocycles. The Morgan fingerprint density at radius 1 is 1.33 bits per heavy atom. The Balaban J connectivity index is 2.18. The molecular formula is C16H14ClFO3. The van der Waals surface area contributed by atoms with E-state index in [4.69, 9.17) is 16.3 Å². The van der Waals surface area contributed by atoms with Gasteiger partial charge in [-0.25, -0.2) is 9.18 Å². The molecule has 2 aromatic carbocycles. The standard InChI is InChI=1S/C16H14ClFO3/c1-10-8-12(6-7-13(10)17)21-15(16(19)20)9-11-4-2-3-5-14(11)18/h2-8,15H,9H2,1H3,(H,19,20). The average molecular weight is 309 g/mol. The van der Waals surface area contributed by atoms with Crippen molar-refractivity contribution >= 4 is 17.6 Å². The first-order valence-electron chi connectivity index (χ1n) is 6.36. The first-order valence-corrected chi connectivity index (χ1v) is 6.74. The molecule has 0 amide bonds. The largest absolute Gasteiger partial charge is 0.478 e. The maximum atomic E-state index is 13.6. The Hall–Kier alpha value is -2.07. The fourth-order valence-corrected chi connectivity index (χ4v) is 2.02. The minimum Gasteiger partial charge on any atom is -0.478 e. The van der Waals surface area contributed by atoms with Crippen molar-refractivity contribution in [2.24, 2.45) is 0 Å². The SMILES string of the molecule is Cc1cc(OC(Cc2ccccc2F)C(=O)O)ccc1Cl. The van der Waals surface area contributed by atoms with E-state index in [0.29, 0.717) is 16.3 Å². The number of aryl methyl sites for hydroxylation is 1. The van der Waals surface area contributed by atoms with E-state index in [9.17, 15) is 14.3 Å². The topological polar surface area (TPSA) is 46.5 Å². The molecule has 0 aliphatic rings. The van der Waals surface area contributed by atoms with Gasteiger partial charge in [0.2, 0.25) is 0 Å². The maximum absolute atomic E-state index is 13.6. The molecule has 1 unspecified atom stereocenters. The molecule has 0 saturated carbocycles. The van der Waals surface area contributed by atoms with Gasteiger partial charge in [0, 0.05) is 11.4 Å². The average Bonchev–Trinajstić information content (AvgIpc) is 2.44. The molecule has 0 fully saturated rings. The second kappa shape index (κ2) is 6.59. The molecule has 0 radical (unpaired) electrons. The lowest BCUT2D eigenvalue weighted by atomic mass is 10.1. The van der Waals surface area contributed by atoms with Crippen LogP contribution in [-0.2, 0) is 11.2 Å². The van der Waals surface area contributed by atoms with Crippen molar-refractivity contribution in [3.63, 3.8) is 0 Å². The summed E-state index contributed by atoms with van der Waals surface area (Å²) in [7, 11) is 0. The molecule has 110 valence electrons. The smallest absolute Gasteiger partial charge is 0.345 e. The molecule has 1 atom stereocenters. The van der Waals surface area contributed by atoms with Crippen molar-refractivity contribution in [3.05, 3.63) is 64.4 Å². The highest BCUT2D eigenvalue weighted by Crippen LogP contribution is 2.23. The minimum absolute atomic E-state index is 0.0519. The van der Waals surface area contributed by atoms with Crippen LogP contribution in [0.5, 0.6) is 5.75 Å². The zero-order valence-corrected chi connectivity index (χ0v) is 12.1. The summed E-state index contributed by atoms with van der Waals surface area (Å²) >= 11 is 5.91. The van der Waals surface area contributed by atoms with Gasteiger partial charge in [0.1, 0.15) is 11.6 Å². The summed E-state index contributed by atoms with van der Waals surface area (Å²) in [5.74, 6) is -1.20. The van der Waals surface area contributed by atoms with Gasteiger partial charge in [-0.3, -0.25) is 0 Å². The van der Waals surface area contributed by atoms with Crippen LogP contribution in [0.2, 0.25) is 5.02 Å². The second-order valence-corrected chi connectivity index (χ2v) is 5.06. The van der Waals surface area contributed by atoms with Crippen molar-refractivity contribution in [2.45, 2.75) is 19.4 Å². The number of hydrogen-bond donors (Lipinski definition) is 1.